The lowest BCUT2D eigenvalue weighted by Crippen LogP contribution is -2.45. The number of hydrogen-bond acceptors (Lipinski definition) is 13. The number of hydrogen-bond donors (Lipinski definition) is 2. The summed E-state index contributed by atoms with van der Waals surface area (Å²) in [7, 11) is 0. The van der Waals surface area contributed by atoms with Gasteiger partial charge in [-0.1, -0.05) is 60.7 Å². The van der Waals surface area contributed by atoms with Crippen LogP contribution >= 0.6 is 12.4 Å². The van der Waals surface area contributed by atoms with Crippen LogP contribution in [0.1, 0.15) is 90.5 Å². The lowest BCUT2D eigenvalue weighted by molar-refractivity contribution is -0.144. The normalized spacial score (nSPS) is 12.0. The Morgan fingerprint density at radius 1 is 0.625 bits per heavy atom. The van der Waals surface area contributed by atoms with Gasteiger partial charge < -0.3 is 43.7 Å². The van der Waals surface area contributed by atoms with E-state index in [0.717, 1.165) is 46.2 Å². The van der Waals surface area contributed by atoms with E-state index in [4.69, 9.17) is 33.5 Å². The number of amides is 3. The van der Waals surface area contributed by atoms with E-state index in [-0.39, 0.29) is 64.0 Å². The first-order valence-corrected chi connectivity index (χ1v) is 23.9. The largest absolute Gasteiger partial charge is 0.489 e. The molecular formula is C54H71ClN4O13. The summed E-state index contributed by atoms with van der Waals surface area (Å²) in [5.74, 6) is -0.626. The second-order valence-electron chi connectivity index (χ2n) is 18.4. The van der Waals surface area contributed by atoms with E-state index in [1.165, 1.54) is 21.7 Å². The second-order valence-corrected chi connectivity index (χ2v) is 18.4. The molecule has 2 N–H and O–H groups in total. The van der Waals surface area contributed by atoms with Crippen LogP contribution in [0.15, 0.2) is 97.1 Å². The lowest BCUT2D eigenvalue weighted by Gasteiger charge is -2.28. The van der Waals surface area contributed by atoms with E-state index < -0.39 is 47.8 Å². The number of rotatable bonds is 18. The van der Waals surface area contributed by atoms with Gasteiger partial charge in [-0.05, 0) is 127 Å². The van der Waals surface area contributed by atoms with Gasteiger partial charge >= 0.3 is 30.1 Å². The minimum atomic E-state index is -1.17. The first-order chi connectivity index (χ1) is 33.7. The molecule has 2 aliphatic rings. The van der Waals surface area contributed by atoms with E-state index >= 15 is 0 Å². The first-order valence-electron chi connectivity index (χ1n) is 23.9. The number of nitrogens with one attached hydrogen (secondary N) is 1. The van der Waals surface area contributed by atoms with Crippen molar-refractivity contribution in [3.63, 3.8) is 0 Å². The Morgan fingerprint density at radius 2 is 1.10 bits per heavy atom. The molecule has 0 saturated heterocycles. The molecule has 0 aliphatic carbocycles. The number of carbonyl (C=O) groups excluding carboxylic acids is 5. The minimum Gasteiger partial charge on any atom is -0.489 e. The molecule has 0 bridgehead atoms. The smallest absolute Gasteiger partial charge is 0.410 e. The minimum absolute atomic E-state index is 0. The molecule has 0 radical (unpaired) electrons. The molecule has 0 spiro atoms. The van der Waals surface area contributed by atoms with Crippen LogP contribution < -0.4 is 19.7 Å². The Hall–Kier alpha value is -7.01. The van der Waals surface area contributed by atoms with Crippen LogP contribution in [0.2, 0.25) is 0 Å². The van der Waals surface area contributed by atoms with E-state index in [9.17, 15) is 28.8 Å². The SMILES string of the molecule is CCOC(=O)CCN(CC(=O)N1CCc2cc(OCc3ccccc3)ccc21)C(=O)OC(C)(C)C.CCOC(=O)CCN(CC(=O)O)C(=O)OC(C)(C)C.Cl.c1ccc(COc2ccc3c(c2)CCN3)cc1. The third kappa shape index (κ3) is 21.5. The summed E-state index contributed by atoms with van der Waals surface area (Å²) in [5, 5.41) is 12.1. The highest BCUT2D eigenvalue weighted by atomic mass is 35.5. The second kappa shape index (κ2) is 29.4. The van der Waals surface area contributed by atoms with Gasteiger partial charge in [0.25, 0.3) is 0 Å². The summed E-state index contributed by atoms with van der Waals surface area (Å²) < 4.78 is 31.9. The average molecular weight is 1020 g/mol. The summed E-state index contributed by atoms with van der Waals surface area (Å²) in [6, 6.07) is 32.1. The van der Waals surface area contributed by atoms with E-state index in [0.29, 0.717) is 26.2 Å². The van der Waals surface area contributed by atoms with Crippen LogP contribution in [0.3, 0.4) is 0 Å². The fourth-order valence-electron chi connectivity index (χ4n) is 7.03. The van der Waals surface area contributed by atoms with Crippen molar-refractivity contribution in [2.75, 3.05) is 62.7 Å². The molecule has 4 aromatic rings. The van der Waals surface area contributed by atoms with Gasteiger partial charge in [0.2, 0.25) is 5.91 Å². The van der Waals surface area contributed by atoms with Gasteiger partial charge in [0, 0.05) is 37.6 Å². The molecule has 6 rings (SSSR count). The zero-order valence-corrected chi connectivity index (χ0v) is 43.5. The molecular weight excluding hydrogens is 948 g/mol. The molecule has 17 nitrogen and oxygen atoms in total. The number of ether oxygens (including phenoxy) is 6. The number of esters is 2. The number of carbonyl (C=O) groups is 6. The first kappa shape index (κ1) is 59.3. The summed E-state index contributed by atoms with van der Waals surface area (Å²) in [4.78, 5) is 75.3. The van der Waals surface area contributed by atoms with Crippen LogP contribution in [-0.4, -0.2) is 115 Å². The van der Waals surface area contributed by atoms with Crippen molar-refractivity contribution in [3.8, 4) is 11.5 Å². The highest BCUT2D eigenvalue weighted by molar-refractivity contribution is 5.98. The third-order valence-corrected chi connectivity index (χ3v) is 10.3. The fraction of sp³-hybridized carbons (Fsp3) is 0.444. The average Bonchev–Trinajstić information content (AvgIpc) is 3.97. The van der Waals surface area contributed by atoms with Crippen molar-refractivity contribution in [2.45, 2.75) is 105 Å². The molecule has 392 valence electrons. The predicted octanol–water partition coefficient (Wildman–Crippen LogP) is 9.26. The molecule has 0 fully saturated rings. The zero-order chi connectivity index (χ0) is 52.0. The maximum absolute atomic E-state index is 13.2. The van der Waals surface area contributed by atoms with E-state index in [1.54, 1.807) is 60.3 Å². The molecule has 0 aromatic heterocycles. The van der Waals surface area contributed by atoms with Crippen LogP contribution in [0.25, 0.3) is 0 Å². The summed E-state index contributed by atoms with van der Waals surface area (Å²) in [5.41, 5.74) is 5.25. The molecule has 4 aromatic carbocycles. The molecule has 2 aliphatic heterocycles. The fourth-order valence-corrected chi connectivity index (χ4v) is 7.03. The van der Waals surface area contributed by atoms with Gasteiger partial charge in [-0.25, -0.2) is 9.59 Å². The summed E-state index contributed by atoms with van der Waals surface area (Å²) in [6.45, 7) is 16.1. The maximum atomic E-state index is 13.2. The molecule has 0 atom stereocenters. The molecule has 0 unspecified atom stereocenters. The predicted molar refractivity (Wildman–Crippen MR) is 276 cm³/mol. The highest BCUT2D eigenvalue weighted by Crippen LogP contribution is 2.32. The van der Waals surface area contributed by atoms with Gasteiger partial charge in [-0.15, -0.1) is 12.4 Å². The van der Waals surface area contributed by atoms with Crippen LogP contribution in [0, 0.1) is 0 Å². The van der Waals surface area contributed by atoms with Crippen molar-refractivity contribution >= 4 is 59.8 Å². The molecule has 2 heterocycles. The number of anilines is 2. The summed E-state index contributed by atoms with van der Waals surface area (Å²) in [6.07, 6.45) is 0.300. The molecule has 0 saturated carbocycles. The lowest BCUT2D eigenvalue weighted by atomic mass is 10.1. The van der Waals surface area contributed by atoms with Gasteiger partial charge in [0.1, 0.15) is 49.0 Å². The van der Waals surface area contributed by atoms with Gasteiger partial charge in [-0.3, -0.25) is 29.0 Å². The Morgan fingerprint density at radius 3 is 1.57 bits per heavy atom. The Kier molecular flexibility index (Phi) is 24.2. The maximum Gasteiger partial charge on any atom is 0.410 e. The molecule has 72 heavy (non-hydrogen) atoms. The Bertz CT molecular complexity index is 2370. The summed E-state index contributed by atoms with van der Waals surface area (Å²) >= 11 is 0. The monoisotopic (exact) mass is 1020 g/mol. The van der Waals surface area contributed by atoms with E-state index in [2.05, 4.69) is 29.6 Å². The van der Waals surface area contributed by atoms with Crippen molar-refractivity contribution < 1.29 is 62.3 Å². The zero-order valence-electron chi connectivity index (χ0n) is 42.7. The number of nitrogens with zero attached hydrogens (tertiary/aromatic N) is 3. The van der Waals surface area contributed by atoms with Crippen molar-refractivity contribution in [1.82, 2.24) is 9.80 Å². The number of carboxylic acids is 1. The number of fused-ring (bicyclic) bond motifs is 2. The molecule has 3 amide bonds. The van der Waals surface area contributed by atoms with Crippen molar-refractivity contribution in [2.24, 2.45) is 0 Å². The third-order valence-electron chi connectivity index (χ3n) is 10.3. The van der Waals surface area contributed by atoms with Crippen LogP contribution in [0.5, 0.6) is 11.5 Å². The molecule has 18 heteroatoms. The van der Waals surface area contributed by atoms with Gasteiger partial charge in [-0.2, -0.15) is 0 Å². The van der Waals surface area contributed by atoms with Gasteiger partial charge in [0.15, 0.2) is 0 Å². The Balaban J connectivity index is 0.000000312. The van der Waals surface area contributed by atoms with Crippen molar-refractivity contribution in [1.29, 1.82) is 0 Å². The highest BCUT2D eigenvalue weighted by Gasteiger charge is 2.30. The quantitative estimate of drug-likeness (QED) is 0.0706. The van der Waals surface area contributed by atoms with E-state index in [1.807, 2.05) is 72.8 Å². The number of aliphatic carboxylic acids is 1. The number of carboxylic acid groups (broad SMARTS) is 1. The number of halogens is 1. The van der Waals surface area contributed by atoms with Crippen LogP contribution in [0.4, 0.5) is 21.0 Å². The number of benzene rings is 4. The standard InChI is InChI=1S/C27H34N2O6.C15H15NO.C12H21NO6.ClH/c1-5-33-25(31)14-15-28(26(32)35-27(2,3)4)18-24(30)29-16-13-21-17-22(11-12-23(21)29)34-19-20-9-7-6-8-10-20;1-2-4-12(5-3-1)11-17-14-6-7-15-13(10-14)8-9-16-15;1-5-18-10(16)6-7-13(8-9(14)15)11(17)19-12(2,3)4;/h6-12,17H,5,13-16,18-19H2,1-4H3;1-7,10,16H,8-9,11H2;5-8H2,1-4H3,(H,14,15);1H. The van der Waals surface area contributed by atoms with Crippen molar-refractivity contribution in [3.05, 3.63) is 119 Å². The topological polar surface area (TPSA) is 200 Å². The Labute approximate surface area is 429 Å². The van der Waals surface area contributed by atoms with Crippen LogP contribution in [-0.2, 0) is 64.2 Å². The van der Waals surface area contributed by atoms with Gasteiger partial charge in [0.05, 0.1) is 26.1 Å².